The van der Waals surface area contributed by atoms with Crippen molar-refractivity contribution in [3.05, 3.63) is 0 Å². The molecule has 8 heteroatoms. The Morgan fingerprint density at radius 3 is 2.36 bits per heavy atom. The van der Waals surface area contributed by atoms with Gasteiger partial charge in [0.1, 0.15) is 0 Å². The summed E-state index contributed by atoms with van der Waals surface area (Å²) in [5.74, 6) is -1.89. The second-order valence-corrected chi connectivity index (χ2v) is 4.46. The van der Waals surface area contributed by atoms with Gasteiger partial charge in [0.15, 0.2) is 5.85 Å². The maximum absolute atomic E-state index is 10.7. The number of carbonyl (C=O) groups is 1. The molecule has 0 heterocycles. The highest BCUT2D eigenvalue weighted by atomic mass is 31.2. The minimum Gasteiger partial charge on any atom is -0.369 e. The van der Waals surface area contributed by atoms with Crippen LogP contribution in [0.3, 0.4) is 0 Å². The van der Waals surface area contributed by atoms with Crippen molar-refractivity contribution in [2.24, 2.45) is 0 Å². The molecular formula is C6H14NO6P. The van der Waals surface area contributed by atoms with Crippen LogP contribution >= 0.6 is 7.60 Å². The lowest BCUT2D eigenvalue weighted by Gasteiger charge is -2.19. The van der Waals surface area contributed by atoms with Gasteiger partial charge in [-0.1, -0.05) is 0 Å². The largest absolute Gasteiger partial charge is 0.369 e. The first-order valence-electron chi connectivity index (χ1n) is 3.84. The number of methoxy groups -OCH3 is 1. The molecule has 0 aliphatic carbocycles. The molecular weight excluding hydrogens is 213 g/mol. The van der Waals surface area contributed by atoms with Gasteiger partial charge >= 0.3 is 7.60 Å². The van der Waals surface area contributed by atoms with Crippen LogP contribution in [0.15, 0.2) is 0 Å². The lowest BCUT2D eigenvalue weighted by Crippen LogP contribution is -2.28. The summed E-state index contributed by atoms with van der Waals surface area (Å²) in [7, 11) is -3.18. The standard InChI is InChI=1S/C6H14NO6P/c1-5(8)7(9)4-3-6(13-2)14(10,11)12/h6,9H,3-4H2,1-2H3,(H2,10,11,12). The second-order valence-electron chi connectivity index (χ2n) is 2.71. The van der Waals surface area contributed by atoms with Crippen molar-refractivity contribution in [2.75, 3.05) is 13.7 Å². The minimum atomic E-state index is -4.33. The molecule has 0 saturated carbocycles. The van der Waals surface area contributed by atoms with Crippen molar-refractivity contribution in [1.29, 1.82) is 0 Å². The van der Waals surface area contributed by atoms with Crippen molar-refractivity contribution < 1.29 is 29.1 Å². The summed E-state index contributed by atoms with van der Waals surface area (Å²) in [6.45, 7) is 0.957. The fraction of sp³-hybridized carbons (Fsp3) is 0.833. The molecule has 0 saturated heterocycles. The molecule has 1 atom stereocenters. The van der Waals surface area contributed by atoms with E-state index in [0.29, 0.717) is 5.06 Å². The molecule has 0 radical (unpaired) electrons. The minimum absolute atomic E-state index is 0.128. The van der Waals surface area contributed by atoms with Gasteiger partial charge in [0, 0.05) is 20.5 Å². The first-order valence-corrected chi connectivity index (χ1v) is 5.52. The average Bonchev–Trinajstić information content (AvgIpc) is 2.02. The summed E-state index contributed by atoms with van der Waals surface area (Å²) in [4.78, 5) is 28.0. The Bertz CT molecular complexity index is 238. The third kappa shape index (κ3) is 4.69. The van der Waals surface area contributed by atoms with E-state index in [1.54, 1.807) is 0 Å². The van der Waals surface area contributed by atoms with Crippen LogP contribution in [0.4, 0.5) is 0 Å². The fourth-order valence-corrected chi connectivity index (χ4v) is 1.54. The molecule has 0 spiro atoms. The zero-order chi connectivity index (χ0) is 11.4. The van der Waals surface area contributed by atoms with Crippen LogP contribution < -0.4 is 0 Å². The number of amides is 1. The van der Waals surface area contributed by atoms with E-state index in [9.17, 15) is 9.36 Å². The Morgan fingerprint density at radius 1 is 1.57 bits per heavy atom. The number of hydrogen-bond donors (Lipinski definition) is 3. The molecule has 1 unspecified atom stereocenters. The lowest BCUT2D eigenvalue weighted by molar-refractivity contribution is -0.163. The molecule has 7 nitrogen and oxygen atoms in total. The molecule has 0 aromatic rings. The normalized spacial score (nSPS) is 13.8. The van der Waals surface area contributed by atoms with Gasteiger partial charge in [-0.05, 0) is 0 Å². The van der Waals surface area contributed by atoms with E-state index in [-0.39, 0.29) is 13.0 Å². The van der Waals surface area contributed by atoms with E-state index >= 15 is 0 Å². The number of nitrogens with zero attached hydrogens (tertiary/aromatic N) is 1. The number of hydroxylamine groups is 2. The summed E-state index contributed by atoms with van der Waals surface area (Å²) in [5.41, 5.74) is 0. The molecule has 14 heavy (non-hydrogen) atoms. The van der Waals surface area contributed by atoms with Crippen molar-refractivity contribution in [1.82, 2.24) is 5.06 Å². The number of carbonyl (C=O) groups excluding carboxylic acids is 1. The third-order valence-corrected chi connectivity index (χ3v) is 2.82. The van der Waals surface area contributed by atoms with Gasteiger partial charge < -0.3 is 14.5 Å². The van der Waals surface area contributed by atoms with Gasteiger partial charge in [-0.2, -0.15) is 0 Å². The smallest absolute Gasteiger partial charge is 0.354 e. The highest BCUT2D eigenvalue weighted by molar-refractivity contribution is 7.52. The summed E-state index contributed by atoms with van der Waals surface area (Å²) >= 11 is 0. The SMILES string of the molecule is COC(CCN(O)C(C)=O)P(=O)(O)O. The molecule has 3 N–H and O–H groups in total. The zero-order valence-corrected chi connectivity index (χ0v) is 8.85. The molecule has 0 aromatic carbocycles. The molecule has 0 bridgehead atoms. The Balaban J connectivity index is 4.10. The van der Waals surface area contributed by atoms with Crippen LogP contribution in [0, 0.1) is 0 Å². The predicted octanol–water partition coefficient (Wildman–Crippen LogP) is -0.236. The van der Waals surface area contributed by atoms with Crippen LogP contribution in [0.2, 0.25) is 0 Å². The molecule has 0 fully saturated rings. The van der Waals surface area contributed by atoms with Gasteiger partial charge in [0.25, 0.3) is 0 Å². The number of rotatable bonds is 5. The summed E-state index contributed by atoms with van der Waals surface area (Å²) in [5, 5.41) is 9.29. The molecule has 0 aliphatic heterocycles. The van der Waals surface area contributed by atoms with Gasteiger partial charge in [-0.3, -0.25) is 14.6 Å². The quantitative estimate of drug-likeness (QED) is 0.340. The van der Waals surface area contributed by atoms with Gasteiger partial charge in [0.2, 0.25) is 5.91 Å². The van der Waals surface area contributed by atoms with Crippen LogP contribution in [0.1, 0.15) is 13.3 Å². The first kappa shape index (κ1) is 13.5. The topological polar surface area (TPSA) is 107 Å². The van der Waals surface area contributed by atoms with Gasteiger partial charge in [-0.25, -0.2) is 5.06 Å². The Hall–Kier alpha value is -0.460. The van der Waals surface area contributed by atoms with Crippen LogP contribution in [0.25, 0.3) is 0 Å². The van der Waals surface area contributed by atoms with Crippen molar-refractivity contribution in [2.45, 2.75) is 19.2 Å². The highest BCUT2D eigenvalue weighted by Gasteiger charge is 2.28. The van der Waals surface area contributed by atoms with E-state index in [4.69, 9.17) is 15.0 Å². The van der Waals surface area contributed by atoms with E-state index in [1.165, 1.54) is 0 Å². The van der Waals surface area contributed by atoms with Crippen LogP contribution in [-0.2, 0) is 14.1 Å². The third-order valence-electron chi connectivity index (χ3n) is 1.60. The zero-order valence-electron chi connectivity index (χ0n) is 7.95. The first-order chi connectivity index (χ1) is 6.29. The average molecular weight is 227 g/mol. The Labute approximate surface area is 81.4 Å². The van der Waals surface area contributed by atoms with Gasteiger partial charge in [-0.15, -0.1) is 0 Å². The van der Waals surface area contributed by atoms with Crippen LogP contribution in [-0.4, -0.2) is 45.5 Å². The summed E-state index contributed by atoms with van der Waals surface area (Å²) in [6, 6.07) is 0. The van der Waals surface area contributed by atoms with E-state index in [0.717, 1.165) is 14.0 Å². The van der Waals surface area contributed by atoms with E-state index < -0.39 is 19.3 Å². The predicted molar refractivity (Wildman–Crippen MR) is 46.6 cm³/mol. The van der Waals surface area contributed by atoms with Crippen LogP contribution in [0.5, 0.6) is 0 Å². The highest BCUT2D eigenvalue weighted by Crippen LogP contribution is 2.43. The Morgan fingerprint density at radius 2 is 2.07 bits per heavy atom. The van der Waals surface area contributed by atoms with Gasteiger partial charge in [0.05, 0.1) is 6.54 Å². The second kappa shape index (κ2) is 5.43. The molecule has 84 valence electrons. The molecule has 1 amide bonds. The van der Waals surface area contributed by atoms with Crippen molar-refractivity contribution >= 4 is 13.5 Å². The maximum atomic E-state index is 10.7. The summed E-state index contributed by atoms with van der Waals surface area (Å²) in [6.07, 6.45) is -0.128. The fourth-order valence-electron chi connectivity index (χ4n) is 0.814. The van der Waals surface area contributed by atoms with E-state index in [1.807, 2.05) is 0 Å². The molecule has 0 aromatic heterocycles. The maximum Gasteiger partial charge on any atom is 0.354 e. The summed E-state index contributed by atoms with van der Waals surface area (Å²) < 4.78 is 15.3. The molecule has 0 rings (SSSR count). The molecule has 0 aliphatic rings. The lowest BCUT2D eigenvalue weighted by atomic mass is 10.4. The monoisotopic (exact) mass is 227 g/mol. The number of hydrogen-bond acceptors (Lipinski definition) is 4. The van der Waals surface area contributed by atoms with Crippen molar-refractivity contribution in [3.8, 4) is 0 Å². The van der Waals surface area contributed by atoms with E-state index in [2.05, 4.69) is 4.74 Å². The number of ether oxygens (including phenoxy) is 1. The van der Waals surface area contributed by atoms with Crippen molar-refractivity contribution in [3.63, 3.8) is 0 Å². The Kier molecular flexibility index (Phi) is 5.25.